The molecule has 0 aliphatic heterocycles. The lowest BCUT2D eigenvalue weighted by atomic mass is 10.0. The number of benzene rings is 1. The maximum atomic E-state index is 12.3. The minimum atomic E-state index is -1.06. The fourth-order valence-electron chi connectivity index (χ4n) is 2.14. The van der Waals surface area contributed by atoms with Crippen LogP contribution in [0.15, 0.2) is 30.5 Å². The van der Waals surface area contributed by atoms with Crippen molar-refractivity contribution in [1.82, 2.24) is 15.1 Å². The van der Waals surface area contributed by atoms with Gasteiger partial charge >= 0.3 is 5.97 Å². The van der Waals surface area contributed by atoms with Crippen molar-refractivity contribution in [2.24, 2.45) is 5.92 Å². The summed E-state index contributed by atoms with van der Waals surface area (Å²) in [6, 6.07) is 6.08. The molecule has 0 aliphatic carbocycles. The third-order valence-corrected chi connectivity index (χ3v) is 3.71. The predicted molar refractivity (Wildman–Crippen MR) is 87.0 cm³/mol. The van der Waals surface area contributed by atoms with Gasteiger partial charge in [-0.1, -0.05) is 25.4 Å². The number of carbonyl (C=O) groups excluding carboxylic acids is 1. The third-order valence-electron chi connectivity index (χ3n) is 3.45. The molecule has 0 spiro atoms. The van der Waals surface area contributed by atoms with Gasteiger partial charge in [0.15, 0.2) is 0 Å². The average Bonchev–Trinajstić information content (AvgIpc) is 2.86. The van der Waals surface area contributed by atoms with E-state index in [1.165, 1.54) is 0 Å². The van der Waals surface area contributed by atoms with Crippen LogP contribution < -0.4 is 5.32 Å². The summed E-state index contributed by atoms with van der Waals surface area (Å²) in [5.41, 5.74) is 1.62. The van der Waals surface area contributed by atoms with Crippen LogP contribution in [0.4, 0.5) is 0 Å². The molecule has 1 heterocycles. The minimum Gasteiger partial charge on any atom is -0.480 e. The van der Waals surface area contributed by atoms with E-state index in [9.17, 15) is 9.59 Å². The number of carbonyl (C=O) groups is 2. The Morgan fingerprint density at radius 3 is 2.39 bits per heavy atom. The zero-order valence-electron chi connectivity index (χ0n) is 13.1. The van der Waals surface area contributed by atoms with Gasteiger partial charge in [-0.2, -0.15) is 5.10 Å². The third kappa shape index (κ3) is 3.90. The van der Waals surface area contributed by atoms with Gasteiger partial charge in [0.05, 0.1) is 16.9 Å². The molecule has 0 bridgehead atoms. The van der Waals surface area contributed by atoms with Crippen LogP contribution in [-0.4, -0.2) is 32.8 Å². The Hall–Kier alpha value is -2.34. The smallest absolute Gasteiger partial charge is 0.326 e. The molecule has 1 aromatic carbocycles. The second-order valence-corrected chi connectivity index (χ2v) is 6.02. The van der Waals surface area contributed by atoms with Gasteiger partial charge in [-0.15, -0.1) is 0 Å². The summed E-state index contributed by atoms with van der Waals surface area (Å²) in [5.74, 6) is -1.73. The fourth-order valence-corrected chi connectivity index (χ4v) is 2.27. The number of carboxylic acid groups (broad SMARTS) is 1. The molecule has 7 heteroatoms. The number of amides is 1. The highest BCUT2D eigenvalue weighted by Crippen LogP contribution is 2.16. The molecule has 1 unspecified atom stereocenters. The van der Waals surface area contributed by atoms with Crippen molar-refractivity contribution < 1.29 is 14.7 Å². The summed E-state index contributed by atoms with van der Waals surface area (Å²) >= 11 is 5.85. The average molecular weight is 336 g/mol. The second kappa shape index (κ2) is 6.83. The summed E-state index contributed by atoms with van der Waals surface area (Å²) < 4.78 is 1.56. The van der Waals surface area contributed by atoms with Crippen LogP contribution >= 0.6 is 11.6 Å². The molecular weight excluding hydrogens is 318 g/mol. The Bertz CT molecular complexity index is 723. The summed E-state index contributed by atoms with van der Waals surface area (Å²) in [6.07, 6.45) is 1.58. The molecule has 1 aromatic heterocycles. The van der Waals surface area contributed by atoms with Gasteiger partial charge in [-0.25, -0.2) is 9.48 Å². The van der Waals surface area contributed by atoms with Crippen LogP contribution in [0.25, 0.3) is 5.69 Å². The number of aromatic nitrogens is 2. The molecule has 0 saturated carbocycles. The van der Waals surface area contributed by atoms with Crippen LogP contribution in [0.1, 0.15) is 29.9 Å². The zero-order chi connectivity index (χ0) is 17.1. The number of halogens is 1. The van der Waals surface area contributed by atoms with Crippen molar-refractivity contribution in [2.75, 3.05) is 0 Å². The zero-order valence-corrected chi connectivity index (χ0v) is 13.8. The molecule has 1 amide bonds. The lowest BCUT2D eigenvalue weighted by molar-refractivity contribution is -0.140. The highest BCUT2D eigenvalue weighted by Gasteiger charge is 2.25. The van der Waals surface area contributed by atoms with Crippen molar-refractivity contribution in [1.29, 1.82) is 0 Å². The lowest BCUT2D eigenvalue weighted by Crippen LogP contribution is -2.44. The number of carboxylic acids is 1. The molecule has 1 atom stereocenters. The van der Waals surface area contributed by atoms with Crippen LogP contribution in [0.3, 0.4) is 0 Å². The van der Waals surface area contributed by atoms with Crippen molar-refractivity contribution in [3.8, 4) is 5.69 Å². The molecular formula is C16H18ClN3O3. The number of aliphatic carboxylic acids is 1. The van der Waals surface area contributed by atoms with E-state index < -0.39 is 17.9 Å². The Labute approximate surface area is 139 Å². The Balaban J connectivity index is 2.25. The van der Waals surface area contributed by atoms with Gasteiger partial charge in [-0.05, 0) is 37.1 Å². The highest BCUT2D eigenvalue weighted by atomic mass is 35.5. The fraction of sp³-hybridized carbons (Fsp3) is 0.312. The monoisotopic (exact) mass is 335 g/mol. The van der Waals surface area contributed by atoms with E-state index in [-0.39, 0.29) is 5.92 Å². The van der Waals surface area contributed by atoms with Crippen molar-refractivity contribution in [3.63, 3.8) is 0 Å². The topological polar surface area (TPSA) is 84.2 Å². The standard InChI is InChI=1S/C16H18ClN3O3/c1-9(2)14(16(22)23)18-15(21)13-8-20(19-10(13)3)12-6-4-11(17)5-7-12/h4-9,14H,1-3H3,(H,18,21)(H,22,23). The van der Waals surface area contributed by atoms with Gasteiger partial charge in [0, 0.05) is 11.2 Å². The maximum Gasteiger partial charge on any atom is 0.326 e. The number of aryl methyl sites for hydroxylation is 1. The SMILES string of the molecule is Cc1nn(-c2ccc(Cl)cc2)cc1C(=O)NC(C(=O)O)C(C)C. The molecule has 2 rings (SSSR count). The first-order chi connectivity index (χ1) is 10.8. The van der Waals surface area contributed by atoms with Crippen molar-refractivity contribution in [3.05, 3.63) is 46.7 Å². The van der Waals surface area contributed by atoms with Crippen LogP contribution in [0.2, 0.25) is 5.02 Å². The van der Waals surface area contributed by atoms with Crippen LogP contribution in [-0.2, 0) is 4.79 Å². The molecule has 0 radical (unpaired) electrons. The number of nitrogens with zero attached hydrogens (tertiary/aromatic N) is 2. The van der Waals surface area contributed by atoms with Gasteiger partial charge in [0.2, 0.25) is 0 Å². The quantitative estimate of drug-likeness (QED) is 0.879. The molecule has 23 heavy (non-hydrogen) atoms. The first-order valence-corrected chi connectivity index (χ1v) is 7.53. The summed E-state index contributed by atoms with van der Waals surface area (Å²) in [7, 11) is 0. The Morgan fingerprint density at radius 2 is 1.87 bits per heavy atom. The minimum absolute atomic E-state index is 0.219. The predicted octanol–water partition coefficient (Wildman–Crippen LogP) is 2.67. The van der Waals surface area contributed by atoms with Crippen molar-refractivity contribution >= 4 is 23.5 Å². The lowest BCUT2D eigenvalue weighted by Gasteiger charge is -2.17. The molecule has 0 fully saturated rings. The molecule has 0 aliphatic rings. The second-order valence-electron chi connectivity index (χ2n) is 5.58. The first kappa shape index (κ1) is 17.0. The largest absolute Gasteiger partial charge is 0.480 e. The summed E-state index contributed by atoms with van der Waals surface area (Å²) in [4.78, 5) is 23.5. The van der Waals surface area contributed by atoms with E-state index >= 15 is 0 Å². The molecule has 0 saturated heterocycles. The van der Waals surface area contributed by atoms with E-state index in [2.05, 4.69) is 10.4 Å². The normalized spacial score (nSPS) is 12.2. The van der Waals surface area contributed by atoms with Gasteiger partial charge in [-0.3, -0.25) is 4.79 Å². The van der Waals surface area contributed by atoms with E-state index in [0.29, 0.717) is 16.3 Å². The Kier molecular flexibility index (Phi) is 5.05. The van der Waals surface area contributed by atoms with E-state index in [1.54, 1.807) is 55.9 Å². The van der Waals surface area contributed by atoms with Crippen molar-refractivity contribution in [2.45, 2.75) is 26.8 Å². The molecule has 6 nitrogen and oxygen atoms in total. The number of hydrogen-bond acceptors (Lipinski definition) is 3. The highest BCUT2D eigenvalue weighted by molar-refractivity contribution is 6.30. The van der Waals surface area contributed by atoms with E-state index in [1.807, 2.05) is 0 Å². The number of nitrogens with one attached hydrogen (secondary N) is 1. The number of rotatable bonds is 5. The summed E-state index contributed by atoms with van der Waals surface area (Å²) in [5, 5.41) is 16.6. The Morgan fingerprint density at radius 1 is 1.26 bits per heavy atom. The van der Waals surface area contributed by atoms with Crippen LogP contribution in [0.5, 0.6) is 0 Å². The molecule has 2 aromatic rings. The first-order valence-electron chi connectivity index (χ1n) is 7.15. The van der Waals surface area contributed by atoms with E-state index in [0.717, 1.165) is 5.69 Å². The van der Waals surface area contributed by atoms with Gasteiger partial charge in [0.25, 0.3) is 5.91 Å². The number of hydrogen-bond donors (Lipinski definition) is 2. The van der Waals surface area contributed by atoms with Crippen LogP contribution in [0, 0.1) is 12.8 Å². The molecule has 2 N–H and O–H groups in total. The molecule has 122 valence electrons. The van der Waals surface area contributed by atoms with E-state index in [4.69, 9.17) is 16.7 Å². The maximum absolute atomic E-state index is 12.3. The summed E-state index contributed by atoms with van der Waals surface area (Å²) in [6.45, 7) is 5.18. The van der Waals surface area contributed by atoms with Gasteiger partial charge < -0.3 is 10.4 Å². The van der Waals surface area contributed by atoms with Gasteiger partial charge in [0.1, 0.15) is 6.04 Å².